The van der Waals surface area contributed by atoms with Gasteiger partial charge >= 0.3 is 6.18 Å². The lowest BCUT2D eigenvalue weighted by atomic mass is 10.1. The van der Waals surface area contributed by atoms with E-state index in [1.54, 1.807) is 0 Å². The van der Waals surface area contributed by atoms with E-state index in [-0.39, 0.29) is 17.3 Å². The molecule has 0 bridgehead atoms. The lowest BCUT2D eigenvalue weighted by Gasteiger charge is -2.14. The van der Waals surface area contributed by atoms with Crippen molar-refractivity contribution in [3.8, 4) is 5.75 Å². The first kappa shape index (κ1) is 14.4. The third kappa shape index (κ3) is 4.61. The maximum atomic E-state index is 12.1. The van der Waals surface area contributed by atoms with Crippen molar-refractivity contribution < 1.29 is 17.9 Å². The van der Waals surface area contributed by atoms with Crippen LogP contribution in [0.3, 0.4) is 0 Å². The third-order valence-electron chi connectivity index (χ3n) is 1.88. The molecule has 0 atom stereocenters. The molecule has 1 aromatic carbocycles. The maximum absolute atomic E-state index is 12.1. The fourth-order valence-electron chi connectivity index (χ4n) is 1.27. The molecule has 2 N–H and O–H groups in total. The fourth-order valence-corrected chi connectivity index (χ4v) is 1.86. The van der Waals surface area contributed by atoms with E-state index in [1.807, 2.05) is 0 Å². The Morgan fingerprint density at radius 3 is 2.41 bits per heavy atom. The molecular formula is C10H10Cl2F3NO. The van der Waals surface area contributed by atoms with E-state index < -0.39 is 12.8 Å². The van der Waals surface area contributed by atoms with E-state index in [9.17, 15) is 13.2 Å². The van der Waals surface area contributed by atoms with Crippen molar-refractivity contribution >= 4 is 23.2 Å². The minimum absolute atomic E-state index is 0.0150. The summed E-state index contributed by atoms with van der Waals surface area (Å²) in [6.45, 7) is -1.13. The summed E-state index contributed by atoms with van der Waals surface area (Å²) in [5.74, 6) is -0.0150. The predicted molar refractivity (Wildman–Crippen MR) is 60.8 cm³/mol. The van der Waals surface area contributed by atoms with Gasteiger partial charge in [0.15, 0.2) is 6.61 Å². The quantitative estimate of drug-likeness (QED) is 0.921. The molecule has 0 saturated carbocycles. The summed E-state index contributed by atoms with van der Waals surface area (Å²) in [5, 5.41) is 0.378. The van der Waals surface area contributed by atoms with Gasteiger partial charge < -0.3 is 10.5 Å². The van der Waals surface area contributed by atoms with Crippen molar-refractivity contribution in [1.29, 1.82) is 0 Å². The minimum Gasteiger partial charge on any atom is -0.482 e. The molecule has 2 nitrogen and oxygen atoms in total. The number of ether oxygens (including phenoxy) is 1. The Morgan fingerprint density at radius 2 is 1.88 bits per heavy atom. The predicted octanol–water partition coefficient (Wildman–Crippen LogP) is 3.44. The van der Waals surface area contributed by atoms with Gasteiger partial charge in [-0.1, -0.05) is 23.2 Å². The molecule has 0 unspecified atom stereocenters. The lowest BCUT2D eigenvalue weighted by molar-refractivity contribution is -0.153. The van der Waals surface area contributed by atoms with Gasteiger partial charge in [-0.3, -0.25) is 0 Å². The largest absolute Gasteiger partial charge is 0.482 e. The Balaban J connectivity index is 2.95. The van der Waals surface area contributed by atoms with E-state index in [2.05, 4.69) is 4.74 Å². The zero-order valence-electron chi connectivity index (χ0n) is 8.65. The summed E-state index contributed by atoms with van der Waals surface area (Å²) in [6.07, 6.45) is -4.07. The van der Waals surface area contributed by atoms with Crippen LogP contribution >= 0.6 is 23.2 Å². The standard InChI is InChI=1S/C10H10Cl2F3NO/c11-7-3-6(1-2-16)9(8(12)4-7)17-5-10(13,14)15/h3-4H,1-2,5,16H2. The monoisotopic (exact) mass is 287 g/mol. The summed E-state index contributed by atoms with van der Waals surface area (Å²) in [6, 6.07) is 2.82. The highest BCUT2D eigenvalue weighted by molar-refractivity contribution is 6.35. The van der Waals surface area contributed by atoms with E-state index in [1.165, 1.54) is 12.1 Å². The van der Waals surface area contributed by atoms with Crippen molar-refractivity contribution in [1.82, 2.24) is 0 Å². The molecule has 17 heavy (non-hydrogen) atoms. The normalized spacial score (nSPS) is 11.6. The van der Waals surface area contributed by atoms with Gasteiger partial charge in [0.25, 0.3) is 0 Å². The summed E-state index contributed by atoms with van der Waals surface area (Å²) < 4.78 is 40.8. The SMILES string of the molecule is NCCc1cc(Cl)cc(Cl)c1OCC(F)(F)F. The number of benzene rings is 1. The molecule has 0 spiro atoms. The molecule has 0 fully saturated rings. The lowest BCUT2D eigenvalue weighted by Crippen LogP contribution is -2.20. The first-order valence-corrected chi connectivity index (χ1v) is 5.46. The van der Waals surface area contributed by atoms with E-state index >= 15 is 0 Å². The van der Waals surface area contributed by atoms with E-state index in [4.69, 9.17) is 28.9 Å². The number of nitrogens with two attached hydrogens (primary N) is 1. The molecule has 0 amide bonds. The van der Waals surface area contributed by atoms with Crippen LogP contribution in [0.1, 0.15) is 5.56 Å². The molecule has 0 aliphatic heterocycles. The third-order valence-corrected chi connectivity index (χ3v) is 2.38. The van der Waals surface area contributed by atoms with E-state index in [0.29, 0.717) is 17.0 Å². The first-order valence-electron chi connectivity index (χ1n) is 4.71. The Labute approximate surface area is 106 Å². The summed E-state index contributed by atoms with van der Waals surface area (Å²) in [5.41, 5.74) is 5.81. The summed E-state index contributed by atoms with van der Waals surface area (Å²) in [7, 11) is 0. The highest BCUT2D eigenvalue weighted by Gasteiger charge is 2.29. The zero-order chi connectivity index (χ0) is 13.1. The van der Waals surface area contributed by atoms with Gasteiger partial charge in [-0.15, -0.1) is 0 Å². The van der Waals surface area contributed by atoms with Crippen LogP contribution in [0, 0.1) is 0 Å². The van der Waals surface area contributed by atoms with Crippen LogP contribution < -0.4 is 10.5 Å². The Hall–Kier alpha value is -0.650. The number of halogens is 5. The smallest absolute Gasteiger partial charge is 0.422 e. The van der Waals surface area contributed by atoms with Crippen LogP contribution in [-0.4, -0.2) is 19.3 Å². The number of hydrogen-bond donors (Lipinski definition) is 1. The van der Waals surface area contributed by atoms with Crippen molar-refractivity contribution in [2.75, 3.05) is 13.2 Å². The molecule has 0 radical (unpaired) electrons. The topological polar surface area (TPSA) is 35.2 Å². The Morgan fingerprint density at radius 1 is 1.24 bits per heavy atom. The maximum Gasteiger partial charge on any atom is 0.422 e. The second-order valence-corrected chi connectivity index (χ2v) is 4.16. The van der Waals surface area contributed by atoms with Gasteiger partial charge in [-0.25, -0.2) is 0 Å². The van der Waals surface area contributed by atoms with Gasteiger partial charge in [-0.2, -0.15) is 13.2 Å². The van der Waals surface area contributed by atoms with Crippen LogP contribution in [0.2, 0.25) is 10.0 Å². The number of hydrogen-bond acceptors (Lipinski definition) is 2. The molecule has 0 aliphatic carbocycles. The van der Waals surface area contributed by atoms with Crippen LogP contribution in [0.5, 0.6) is 5.75 Å². The second kappa shape index (κ2) is 5.80. The van der Waals surface area contributed by atoms with Gasteiger partial charge in [0.2, 0.25) is 0 Å². The average Bonchev–Trinajstić information content (AvgIpc) is 2.14. The van der Waals surface area contributed by atoms with Crippen molar-refractivity contribution in [3.63, 3.8) is 0 Å². The van der Waals surface area contributed by atoms with Crippen molar-refractivity contribution in [3.05, 3.63) is 27.7 Å². The molecule has 1 aromatic rings. The second-order valence-electron chi connectivity index (χ2n) is 3.32. The fraction of sp³-hybridized carbons (Fsp3) is 0.400. The van der Waals surface area contributed by atoms with Gasteiger partial charge in [-0.05, 0) is 30.7 Å². The molecule has 0 saturated heterocycles. The Kier molecular flexibility index (Phi) is 4.91. The summed E-state index contributed by atoms with van der Waals surface area (Å²) in [4.78, 5) is 0. The average molecular weight is 288 g/mol. The van der Waals surface area contributed by atoms with Crippen LogP contribution in [-0.2, 0) is 6.42 Å². The van der Waals surface area contributed by atoms with Gasteiger partial charge in [0.1, 0.15) is 5.75 Å². The molecule has 96 valence electrons. The number of rotatable bonds is 4. The van der Waals surface area contributed by atoms with E-state index in [0.717, 1.165) is 0 Å². The van der Waals surface area contributed by atoms with Crippen LogP contribution in [0.15, 0.2) is 12.1 Å². The molecule has 7 heteroatoms. The van der Waals surface area contributed by atoms with Crippen LogP contribution in [0.25, 0.3) is 0 Å². The van der Waals surface area contributed by atoms with Crippen molar-refractivity contribution in [2.45, 2.75) is 12.6 Å². The number of alkyl halides is 3. The molecule has 0 aromatic heterocycles. The molecular weight excluding hydrogens is 278 g/mol. The highest BCUT2D eigenvalue weighted by Crippen LogP contribution is 2.33. The van der Waals surface area contributed by atoms with Crippen LogP contribution in [0.4, 0.5) is 13.2 Å². The molecule has 1 rings (SSSR count). The van der Waals surface area contributed by atoms with Gasteiger partial charge in [0, 0.05) is 5.02 Å². The molecule has 0 aliphatic rings. The first-order chi connectivity index (χ1) is 7.83. The Bertz CT molecular complexity index is 396. The summed E-state index contributed by atoms with van der Waals surface area (Å²) >= 11 is 11.5. The highest BCUT2D eigenvalue weighted by atomic mass is 35.5. The molecule has 0 heterocycles. The van der Waals surface area contributed by atoms with Gasteiger partial charge in [0.05, 0.1) is 5.02 Å². The van der Waals surface area contributed by atoms with Crippen molar-refractivity contribution in [2.24, 2.45) is 5.73 Å². The zero-order valence-corrected chi connectivity index (χ0v) is 10.2. The minimum atomic E-state index is -4.41.